The normalized spacial score (nSPS) is 15.9. The van der Waals surface area contributed by atoms with Gasteiger partial charge in [-0.05, 0) is 62.0 Å². The van der Waals surface area contributed by atoms with Gasteiger partial charge >= 0.3 is 0 Å². The maximum Gasteiger partial charge on any atom is 0.280 e. The molecule has 1 aromatic carbocycles. The number of thiazole rings is 1. The summed E-state index contributed by atoms with van der Waals surface area (Å²) in [5, 5.41) is 10.8. The van der Waals surface area contributed by atoms with Gasteiger partial charge in [0.2, 0.25) is 0 Å². The number of fused-ring (bicyclic) bond motifs is 2. The van der Waals surface area contributed by atoms with Crippen molar-refractivity contribution in [3.8, 4) is 0 Å². The van der Waals surface area contributed by atoms with E-state index in [-0.39, 0.29) is 5.91 Å². The van der Waals surface area contributed by atoms with E-state index in [0.717, 1.165) is 55.3 Å². The van der Waals surface area contributed by atoms with E-state index in [1.165, 1.54) is 28.9 Å². The summed E-state index contributed by atoms with van der Waals surface area (Å²) in [6, 6.07) is 5.97. The van der Waals surface area contributed by atoms with Gasteiger partial charge in [-0.1, -0.05) is 22.9 Å². The molecule has 0 atom stereocenters. The quantitative estimate of drug-likeness (QED) is 0.591. The minimum Gasteiger partial charge on any atom is -0.384 e. The van der Waals surface area contributed by atoms with E-state index in [4.69, 9.17) is 11.6 Å². The number of hydrogen-bond donors (Lipinski definition) is 3. The van der Waals surface area contributed by atoms with Crippen molar-refractivity contribution in [3.63, 3.8) is 0 Å². The zero-order valence-electron chi connectivity index (χ0n) is 15.9. The predicted molar refractivity (Wildman–Crippen MR) is 117 cm³/mol. The van der Waals surface area contributed by atoms with Crippen LogP contribution in [0.3, 0.4) is 0 Å². The van der Waals surface area contributed by atoms with E-state index in [1.54, 1.807) is 6.20 Å². The Morgan fingerprint density at radius 1 is 1.28 bits per heavy atom. The average Bonchev–Trinajstić information content (AvgIpc) is 3.39. The number of nitrogens with one attached hydrogen (secondary N) is 3. The monoisotopic (exact) mass is 430 g/mol. The first-order valence-corrected chi connectivity index (χ1v) is 11.0. The third-order valence-electron chi connectivity index (χ3n) is 5.05. The van der Waals surface area contributed by atoms with E-state index in [9.17, 15) is 4.79 Å². The summed E-state index contributed by atoms with van der Waals surface area (Å²) >= 11 is 7.10. The molecule has 4 heterocycles. The van der Waals surface area contributed by atoms with E-state index in [2.05, 4.69) is 30.9 Å². The van der Waals surface area contributed by atoms with Crippen LogP contribution in [0.4, 0.5) is 5.69 Å². The number of nitrogens with zero attached hydrogens (tertiary/aromatic N) is 3. The van der Waals surface area contributed by atoms with Crippen LogP contribution < -0.4 is 16.0 Å². The van der Waals surface area contributed by atoms with E-state index in [0.29, 0.717) is 16.4 Å². The number of hydrogen-bond acceptors (Lipinski definition) is 7. The van der Waals surface area contributed by atoms with Crippen molar-refractivity contribution in [2.75, 3.05) is 31.5 Å². The Balaban J connectivity index is 0.000000171. The van der Waals surface area contributed by atoms with Crippen LogP contribution in [-0.4, -0.2) is 47.0 Å². The lowest BCUT2D eigenvalue weighted by Crippen LogP contribution is -2.35. The fraction of sp³-hybridized carbons (Fsp3) is 0.400. The molecule has 9 heteroatoms. The average molecular weight is 431 g/mol. The molecule has 29 heavy (non-hydrogen) atoms. The van der Waals surface area contributed by atoms with Gasteiger partial charge in [0.05, 0.1) is 6.20 Å². The van der Waals surface area contributed by atoms with Crippen LogP contribution in [0.2, 0.25) is 5.02 Å². The molecule has 1 amide bonds. The van der Waals surface area contributed by atoms with Crippen molar-refractivity contribution in [1.29, 1.82) is 0 Å². The van der Waals surface area contributed by atoms with Crippen LogP contribution in [0.5, 0.6) is 0 Å². The van der Waals surface area contributed by atoms with E-state index in [1.807, 2.05) is 18.2 Å². The van der Waals surface area contributed by atoms with Crippen LogP contribution in [0.1, 0.15) is 28.2 Å². The van der Waals surface area contributed by atoms with Gasteiger partial charge in [-0.3, -0.25) is 4.79 Å². The van der Waals surface area contributed by atoms with Gasteiger partial charge in [0.15, 0.2) is 5.01 Å². The molecule has 7 nitrogen and oxygen atoms in total. The molecule has 3 aromatic rings. The second kappa shape index (κ2) is 9.47. The number of benzene rings is 1. The number of piperidine rings is 1. The Bertz CT molecular complexity index is 955. The highest BCUT2D eigenvalue weighted by Gasteiger charge is 2.17. The molecule has 2 aliphatic heterocycles. The lowest BCUT2D eigenvalue weighted by atomic mass is 9.98. The summed E-state index contributed by atoms with van der Waals surface area (Å²) in [6.45, 7) is 3.85. The topological polar surface area (TPSA) is 91.8 Å². The summed E-state index contributed by atoms with van der Waals surface area (Å²) < 4.78 is 0. The number of halogens is 1. The lowest BCUT2D eigenvalue weighted by molar-refractivity contribution is 0.0944. The summed E-state index contributed by atoms with van der Waals surface area (Å²) in [5.74, 6) is 0.459. The molecule has 0 unspecified atom stereocenters. The first kappa shape index (κ1) is 20.0. The van der Waals surface area contributed by atoms with Crippen LogP contribution in [0.15, 0.2) is 30.7 Å². The second-order valence-corrected chi connectivity index (χ2v) is 8.53. The number of amides is 1. The largest absolute Gasteiger partial charge is 0.384 e. The zero-order chi connectivity index (χ0) is 20.1. The van der Waals surface area contributed by atoms with Gasteiger partial charge in [0.25, 0.3) is 5.91 Å². The summed E-state index contributed by atoms with van der Waals surface area (Å²) in [5.41, 5.74) is 3.26. The van der Waals surface area contributed by atoms with E-state index >= 15 is 0 Å². The molecule has 0 spiro atoms. The zero-order valence-corrected chi connectivity index (χ0v) is 17.5. The third kappa shape index (κ3) is 5.20. The molecule has 2 aromatic heterocycles. The van der Waals surface area contributed by atoms with Crippen molar-refractivity contribution in [3.05, 3.63) is 46.3 Å². The van der Waals surface area contributed by atoms with Gasteiger partial charge < -0.3 is 16.0 Å². The first-order chi connectivity index (χ1) is 14.2. The van der Waals surface area contributed by atoms with Crippen LogP contribution in [0.25, 0.3) is 10.3 Å². The molecule has 2 aliphatic rings. The number of anilines is 1. The van der Waals surface area contributed by atoms with Crippen LogP contribution in [-0.2, 0) is 6.42 Å². The van der Waals surface area contributed by atoms with Crippen molar-refractivity contribution >= 4 is 44.9 Å². The molecule has 0 saturated carbocycles. The van der Waals surface area contributed by atoms with Crippen LogP contribution >= 0.6 is 22.9 Å². The molecule has 0 aliphatic carbocycles. The third-order valence-corrected chi connectivity index (χ3v) is 6.27. The Kier molecular flexibility index (Phi) is 6.53. The summed E-state index contributed by atoms with van der Waals surface area (Å²) in [4.78, 5) is 25.0. The van der Waals surface area contributed by atoms with E-state index < -0.39 is 0 Å². The molecular weight excluding hydrogens is 408 g/mol. The fourth-order valence-corrected chi connectivity index (χ4v) is 4.45. The molecule has 0 bridgehead atoms. The SMILES string of the molecule is Clc1ccc2c(c1)CCN2.O=C(NCC1CCNCC1)c1nc2cncnc2s1. The summed E-state index contributed by atoms with van der Waals surface area (Å²) in [7, 11) is 0. The highest BCUT2D eigenvalue weighted by molar-refractivity contribution is 7.19. The van der Waals surface area contributed by atoms with Gasteiger partial charge in [-0.2, -0.15) is 0 Å². The fourth-order valence-electron chi connectivity index (χ4n) is 3.46. The first-order valence-electron chi connectivity index (χ1n) is 9.77. The molecule has 0 radical (unpaired) electrons. The number of carbonyl (C=O) groups is 1. The van der Waals surface area contributed by atoms with Crippen molar-refractivity contribution < 1.29 is 4.79 Å². The Hall–Kier alpha value is -2.29. The number of aromatic nitrogens is 3. The van der Waals surface area contributed by atoms with Crippen LogP contribution in [0, 0.1) is 5.92 Å². The number of carbonyl (C=O) groups excluding carboxylic acids is 1. The molecule has 1 saturated heterocycles. The van der Waals surface area contributed by atoms with Crippen molar-refractivity contribution in [2.24, 2.45) is 5.92 Å². The van der Waals surface area contributed by atoms with Crippen molar-refractivity contribution in [2.45, 2.75) is 19.3 Å². The Labute approximate surface area is 178 Å². The predicted octanol–water partition coefficient (Wildman–Crippen LogP) is 3.12. The van der Waals surface area contributed by atoms with Gasteiger partial charge in [0, 0.05) is 23.8 Å². The second-order valence-electron chi connectivity index (χ2n) is 7.11. The smallest absolute Gasteiger partial charge is 0.280 e. The standard InChI is InChI=1S/C12H15N5OS.C8H8ClN/c18-10(15-5-8-1-3-13-4-2-8)12-17-9-6-14-7-16-11(9)19-12;9-7-1-2-8-6(5-7)3-4-10-8/h6-8,13H,1-5H2,(H,15,18);1-2,5,10H,3-4H2. The molecule has 5 rings (SSSR count). The molecule has 3 N–H and O–H groups in total. The lowest BCUT2D eigenvalue weighted by Gasteiger charge is -2.22. The highest BCUT2D eigenvalue weighted by Crippen LogP contribution is 2.24. The Morgan fingerprint density at radius 2 is 2.14 bits per heavy atom. The molecular formula is C20H23ClN6OS. The minimum absolute atomic E-state index is 0.110. The highest BCUT2D eigenvalue weighted by atomic mass is 35.5. The van der Waals surface area contributed by atoms with Gasteiger partial charge in [0.1, 0.15) is 16.7 Å². The number of rotatable bonds is 3. The Morgan fingerprint density at radius 3 is 2.97 bits per heavy atom. The van der Waals surface area contributed by atoms with Gasteiger partial charge in [-0.15, -0.1) is 0 Å². The van der Waals surface area contributed by atoms with Crippen molar-refractivity contribution in [1.82, 2.24) is 25.6 Å². The summed E-state index contributed by atoms with van der Waals surface area (Å²) in [6.07, 6.45) is 6.44. The maximum absolute atomic E-state index is 12.0. The van der Waals surface area contributed by atoms with Gasteiger partial charge in [-0.25, -0.2) is 15.0 Å². The minimum atomic E-state index is -0.110. The molecule has 152 valence electrons. The molecule has 1 fully saturated rings. The maximum atomic E-state index is 12.0.